The van der Waals surface area contributed by atoms with Crippen LogP contribution < -0.4 is 16.0 Å². The molecular weight excluding hydrogens is 300 g/mol. The van der Waals surface area contributed by atoms with Crippen molar-refractivity contribution in [2.24, 2.45) is 4.99 Å². The van der Waals surface area contributed by atoms with Crippen LogP contribution in [-0.2, 0) is 0 Å². The molecule has 5 heteroatoms. The molecule has 0 saturated heterocycles. The highest BCUT2D eigenvalue weighted by atomic mass is 16.1. The van der Waals surface area contributed by atoms with Gasteiger partial charge >= 0.3 is 0 Å². The number of rotatable bonds is 11. The van der Waals surface area contributed by atoms with Crippen LogP contribution in [0.4, 0.5) is 0 Å². The van der Waals surface area contributed by atoms with E-state index in [1.54, 1.807) is 0 Å². The number of aliphatic imine (C=N–C) groups is 1. The van der Waals surface area contributed by atoms with Gasteiger partial charge in [0.25, 0.3) is 5.91 Å². The van der Waals surface area contributed by atoms with E-state index >= 15 is 0 Å². The molecule has 1 amide bonds. The number of benzene rings is 1. The fourth-order valence-corrected chi connectivity index (χ4v) is 2.26. The lowest BCUT2D eigenvalue weighted by atomic mass is 10.2. The standard InChI is InChI=1S/C19H32N4O/c1-3-5-6-10-14-22-19(20-4-2)23-16-11-15-21-18(24)17-12-8-7-9-13-17/h7-9,12-13H,3-6,10-11,14-16H2,1-2H3,(H,21,24)(H2,20,22,23). The number of carbonyl (C=O) groups is 1. The zero-order chi connectivity index (χ0) is 17.5. The second-order valence-corrected chi connectivity index (χ2v) is 5.72. The fourth-order valence-electron chi connectivity index (χ4n) is 2.26. The van der Waals surface area contributed by atoms with Crippen molar-refractivity contribution >= 4 is 11.9 Å². The Hall–Kier alpha value is -2.04. The molecule has 0 aliphatic heterocycles. The van der Waals surface area contributed by atoms with E-state index < -0.39 is 0 Å². The molecule has 0 aliphatic carbocycles. The van der Waals surface area contributed by atoms with Crippen LogP contribution in [0, 0.1) is 0 Å². The molecule has 0 heterocycles. The first kappa shape index (κ1) is 20.0. The van der Waals surface area contributed by atoms with Crippen molar-refractivity contribution in [3.63, 3.8) is 0 Å². The van der Waals surface area contributed by atoms with Gasteiger partial charge < -0.3 is 16.0 Å². The Labute approximate surface area is 146 Å². The van der Waals surface area contributed by atoms with Crippen LogP contribution in [0.15, 0.2) is 35.3 Å². The number of hydrogen-bond acceptors (Lipinski definition) is 2. The maximum Gasteiger partial charge on any atom is 0.251 e. The molecule has 24 heavy (non-hydrogen) atoms. The normalized spacial score (nSPS) is 11.2. The fraction of sp³-hybridized carbons (Fsp3) is 0.579. The lowest BCUT2D eigenvalue weighted by molar-refractivity contribution is 0.0953. The molecule has 1 rings (SSSR count). The Morgan fingerprint density at radius 3 is 2.38 bits per heavy atom. The lowest BCUT2D eigenvalue weighted by Crippen LogP contribution is -2.38. The van der Waals surface area contributed by atoms with Gasteiger partial charge in [0, 0.05) is 31.7 Å². The van der Waals surface area contributed by atoms with Crippen molar-refractivity contribution in [1.82, 2.24) is 16.0 Å². The summed E-state index contributed by atoms with van der Waals surface area (Å²) >= 11 is 0. The molecule has 3 N–H and O–H groups in total. The third-order valence-electron chi connectivity index (χ3n) is 3.59. The highest BCUT2D eigenvalue weighted by Crippen LogP contribution is 1.98. The van der Waals surface area contributed by atoms with E-state index in [4.69, 9.17) is 0 Å². The molecule has 0 unspecified atom stereocenters. The summed E-state index contributed by atoms with van der Waals surface area (Å²) in [6, 6.07) is 9.28. The second-order valence-electron chi connectivity index (χ2n) is 5.72. The molecular formula is C19H32N4O. The van der Waals surface area contributed by atoms with Gasteiger partial charge in [-0.2, -0.15) is 0 Å². The average Bonchev–Trinajstić information content (AvgIpc) is 2.61. The minimum atomic E-state index is -0.0273. The van der Waals surface area contributed by atoms with E-state index in [2.05, 4.69) is 34.8 Å². The third-order valence-corrected chi connectivity index (χ3v) is 3.59. The predicted octanol–water partition coefficient (Wildman–Crippen LogP) is 2.94. The van der Waals surface area contributed by atoms with Crippen molar-refractivity contribution in [1.29, 1.82) is 0 Å². The Morgan fingerprint density at radius 2 is 1.67 bits per heavy atom. The molecule has 0 aromatic heterocycles. The second kappa shape index (κ2) is 13.4. The van der Waals surface area contributed by atoms with Gasteiger partial charge in [0.05, 0.1) is 0 Å². The van der Waals surface area contributed by atoms with Crippen LogP contribution in [0.2, 0.25) is 0 Å². The maximum atomic E-state index is 11.9. The largest absolute Gasteiger partial charge is 0.357 e. The molecule has 0 radical (unpaired) electrons. The summed E-state index contributed by atoms with van der Waals surface area (Å²) in [5.41, 5.74) is 0.697. The van der Waals surface area contributed by atoms with Crippen molar-refractivity contribution < 1.29 is 4.79 Å². The summed E-state index contributed by atoms with van der Waals surface area (Å²) in [6.45, 7) is 7.42. The SMILES string of the molecule is CCCCCCNC(=NCCCNC(=O)c1ccccc1)NCC. The lowest BCUT2D eigenvalue weighted by Gasteiger charge is -2.11. The van der Waals surface area contributed by atoms with Gasteiger partial charge in [-0.15, -0.1) is 0 Å². The molecule has 5 nitrogen and oxygen atoms in total. The van der Waals surface area contributed by atoms with Gasteiger partial charge in [-0.25, -0.2) is 0 Å². The minimum absolute atomic E-state index is 0.0273. The van der Waals surface area contributed by atoms with Gasteiger partial charge in [0.15, 0.2) is 5.96 Å². The minimum Gasteiger partial charge on any atom is -0.357 e. The summed E-state index contributed by atoms with van der Waals surface area (Å²) in [7, 11) is 0. The zero-order valence-electron chi connectivity index (χ0n) is 15.1. The number of nitrogens with one attached hydrogen (secondary N) is 3. The van der Waals surface area contributed by atoms with E-state index in [0.29, 0.717) is 18.7 Å². The molecule has 1 aromatic rings. The van der Waals surface area contributed by atoms with Crippen LogP contribution in [0.5, 0.6) is 0 Å². The van der Waals surface area contributed by atoms with Crippen LogP contribution in [-0.4, -0.2) is 38.0 Å². The number of hydrogen-bond donors (Lipinski definition) is 3. The van der Waals surface area contributed by atoms with Crippen LogP contribution in [0.3, 0.4) is 0 Å². The first-order valence-electron chi connectivity index (χ1n) is 9.13. The summed E-state index contributed by atoms with van der Waals surface area (Å²) in [4.78, 5) is 16.4. The van der Waals surface area contributed by atoms with Crippen LogP contribution in [0.25, 0.3) is 0 Å². The Morgan fingerprint density at radius 1 is 0.917 bits per heavy atom. The van der Waals surface area contributed by atoms with Crippen LogP contribution in [0.1, 0.15) is 56.3 Å². The Bertz CT molecular complexity index is 474. The average molecular weight is 332 g/mol. The number of carbonyl (C=O) groups excluding carboxylic acids is 1. The summed E-state index contributed by atoms with van der Waals surface area (Å²) in [5, 5.41) is 9.53. The molecule has 0 fully saturated rings. The molecule has 1 aromatic carbocycles. The molecule has 134 valence electrons. The van der Waals surface area contributed by atoms with Crippen molar-refractivity contribution in [3.8, 4) is 0 Å². The number of nitrogens with zero attached hydrogens (tertiary/aromatic N) is 1. The van der Waals surface area contributed by atoms with Gasteiger partial charge in [-0.05, 0) is 31.9 Å². The zero-order valence-corrected chi connectivity index (χ0v) is 15.1. The van der Waals surface area contributed by atoms with Crippen molar-refractivity contribution in [2.75, 3.05) is 26.2 Å². The molecule has 0 atom stereocenters. The first-order chi connectivity index (χ1) is 11.8. The molecule has 0 saturated carbocycles. The topological polar surface area (TPSA) is 65.5 Å². The molecule has 0 bridgehead atoms. The van der Waals surface area contributed by atoms with E-state index in [9.17, 15) is 4.79 Å². The third kappa shape index (κ3) is 9.18. The number of amides is 1. The van der Waals surface area contributed by atoms with E-state index in [1.807, 2.05) is 30.3 Å². The molecule has 0 spiro atoms. The quantitative estimate of drug-likeness (QED) is 0.332. The number of guanidine groups is 1. The Balaban J connectivity index is 2.20. The van der Waals surface area contributed by atoms with E-state index in [0.717, 1.165) is 25.5 Å². The van der Waals surface area contributed by atoms with E-state index in [1.165, 1.54) is 25.7 Å². The maximum absolute atomic E-state index is 11.9. The Kier molecular flexibility index (Phi) is 11.2. The highest BCUT2D eigenvalue weighted by molar-refractivity contribution is 5.94. The van der Waals surface area contributed by atoms with E-state index in [-0.39, 0.29) is 5.91 Å². The van der Waals surface area contributed by atoms with Crippen LogP contribution >= 0.6 is 0 Å². The first-order valence-corrected chi connectivity index (χ1v) is 9.13. The van der Waals surface area contributed by atoms with Crippen molar-refractivity contribution in [2.45, 2.75) is 46.0 Å². The summed E-state index contributed by atoms with van der Waals surface area (Å²) in [5.74, 6) is 0.837. The predicted molar refractivity (Wildman–Crippen MR) is 102 cm³/mol. The summed E-state index contributed by atoms with van der Waals surface area (Å²) in [6.07, 6.45) is 5.80. The summed E-state index contributed by atoms with van der Waals surface area (Å²) < 4.78 is 0. The molecule has 0 aliphatic rings. The number of unbranched alkanes of at least 4 members (excludes halogenated alkanes) is 3. The van der Waals surface area contributed by atoms with Gasteiger partial charge in [0.1, 0.15) is 0 Å². The van der Waals surface area contributed by atoms with Gasteiger partial charge in [-0.3, -0.25) is 9.79 Å². The van der Waals surface area contributed by atoms with Gasteiger partial charge in [0.2, 0.25) is 0 Å². The monoisotopic (exact) mass is 332 g/mol. The highest BCUT2D eigenvalue weighted by Gasteiger charge is 2.02. The van der Waals surface area contributed by atoms with Gasteiger partial charge in [-0.1, -0.05) is 44.4 Å². The van der Waals surface area contributed by atoms with Crippen molar-refractivity contribution in [3.05, 3.63) is 35.9 Å². The smallest absolute Gasteiger partial charge is 0.251 e.